The SMILES string of the molecule is Cc1n[nH]c(C)c1Cc1nc(-c2ccncc2)nn1CCc1cnc[nH]1. The Bertz CT molecular complexity index is 962. The fourth-order valence-electron chi connectivity index (χ4n) is 2.95. The number of hydrogen-bond donors (Lipinski definition) is 2. The Morgan fingerprint density at radius 1 is 1.12 bits per heavy atom. The second-order valence-corrected chi connectivity index (χ2v) is 6.23. The van der Waals surface area contributed by atoms with Gasteiger partial charge in [-0.2, -0.15) is 10.2 Å². The van der Waals surface area contributed by atoms with Gasteiger partial charge in [-0.15, -0.1) is 0 Å². The number of nitrogens with one attached hydrogen (secondary N) is 2. The molecule has 4 heterocycles. The third-order valence-electron chi connectivity index (χ3n) is 4.45. The summed E-state index contributed by atoms with van der Waals surface area (Å²) in [7, 11) is 0. The predicted octanol–water partition coefficient (Wildman–Crippen LogP) is 2.24. The zero-order valence-electron chi connectivity index (χ0n) is 14.8. The first-order chi connectivity index (χ1) is 12.7. The number of aromatic nitrogens is 8. The number of rotatable bonds is 6. The first-order valence-electron chi connectivity index (χ1n) is 8.52. The summed E-state index contributed by atoms with van der Waals surface area (Å²) in [6.45, 7) is 4.77. The van der Waals surface area contributed by atoms with E-state index in [1.165, 1.54) is 5.56 Å². The predicted molar refractivity (Wildman–Crippen MR) is 96.4 cm³/mol. The van der Waals surface area contributed by atoms with Gasteiger partial charge in [0.2, 0.25) is 0 Å². The Kier molecular flexibility index (Phi) is 4.30. The minimum atomic E-state index is 0.690. The highest BCUT2D eigenvalue weighted by Gasteiger charge is 2.16. The quantitative estimate of drug-likeness (QED) is 0.556. The molecule has 0 aromatic carbocycles. The smallest absolute Gasteiger partial charge is 0.181 e. The molecule has 0 aliphatic rings. The van der Waals surface area contributed by atoms with Crippen LogP contribution in [0.1, 0.15) is 28.5 Å². The highest BCUT2D eigenvalue weighted by molar-refractivity contribution is 5.53. The number of imidazole rings is 1. The van der Waals surface area contributed by atoms with Crippen molar-refractivity contribution in [1.29, 1.82) is 0 Å². The fraction of sp³-hybridized carbons (Fsp3) is 0.278. The maximum Gasteiger partial charge on any atom is 0.181 e. The van der Waals surface area contributed by atoms with Crippen LogP contribution in [0.2, 0.25) is 0 Å². The van der Waals surface area contributed by atoms with Crippen molar-refractivity contribution in [3.63, 3.8) is 0 Å². The lowest BCUT2D eigenvalue weighted by Crippen LogP contribution is -2.09. The van der Waals surface area contributed by atoms with E-state index in [4.69, 9.17) is 10.1 Å². The lowest BCUT2D eigenvalue weighted by molar-refractivity contribution is 0.582. The third kappa shape index (κ3) is 3.26. The Hall–Kier alpha value is -3.29. The summed E-state index contributed by atoms with van der Waals surface area (Å²) < 4.78 is 1.97. The topological polar surface area (TPSA) is 101 Å². The summed E-state index contributed by atoms with van der Waals surface area (Å²) in [5.74, 6) is 1.63. The van der Waals surface area contributed by atoms with Crippen LogP contribution in [0.25, 0.3) is 11.4 Å². The van der Waals surface area contributed by atoms with Crippen molar-refractivity contribution in [3.8, 4) is 11.4 Å². The number of hydrogen-bond acceptors (Lipinski definition) is 5. The molecule has 4 rings (SSSR count). The largest absolute Gasteiger partial charge is 0.348 e. The van der Waals surface area contributed by atoms with Gasteiger partial charge in [0.25, 0.3) is 0 Å². The molecule has 4 aromatic heterocycles. The van der Waals surface area contributed by atoms with Crippen LogP contribution < -0.4 is 0 Å². The van der Waals surface area contributed by atoms with Gasteiger partial charge in [-0.25, -0.2) is 14.6 Å². The zero-order valence-corrected chi connectivity index (χ0v) is 14.8. The van der Waals surface area contributed by atoms with E-state index < -0.39 is 0 Å². The Balaban J connectivity index is 1.66. The number of H-pyrrole nitrogens is 2. The van der Waals surface area contributed by atoms with Crippen LogP contribution in [0, 0.1) is 13.8 Å². The zero-order chi connectivity index (χ0) is 17.9. The van der Waals surface area contributed by atoms with Gasteiger partial charge in [0.05, 0.1) is 12.0 Å². The van der Waals surface area contributed by atoms with Crippen molar-refractivity contribution in [3.05, 3.63) is 65.5 Å². The normalized spacial score (nSPS) is 11.2. The summed E-state index contributed by atoms with van der Waals surface area (Å²) in [5.41, 5.74) is 5.27. The van der Waals surface area contributed by atoms with Gasteiger partial charge >= 0.3 is 0 Å². The van der Waals surface area contributed by atoms with Crippen molar-refractivity contribution >= 4 is 0 Å². The molecule has 8 heteroatoms. The molecule has 0 bridgehead atoms. The van der Waals surface area contributed by atoms with Crippen LogP contribution in [0.3, 0.4) is 0 Å². The molecule has 4 aromatic rings. The van der Waals surface area contributed by atoms with E-state index >= 15 is 0 Å². The molecule has 26 heavy (non-hydrogen) atoms. The molecule has 132 valence electrons. The van der Waals surface area contributed by atoms with Gasteiger partial charge in [-0.3, -0.25) is 10.1 Å². The molecule has 0 spiro atoms. The number of aromatic amines is 2. The molecule has 0 unspecified atom stereocenters. The standard InChI is InChI=1S/C18H20N8/c1-12-16(13(2)24-23-12)9-17-22-18(14-3-6-19-7-4-14)25-26(17)8-5-15-10-20-11-21-15/h3-4,6-7,10-11H,5,8-9H2,1-2H3,(H,20,21)(H,23,24). The average Bonchev–Trinajstić information content (AvgIpc) is 3.38. The highest BCUT2D eigenvalue weighted by Crippen LogP contribution is 2.19. The molecule has 0 saturated carbocycles. The molecule has 0 radical (unpaired) electrons. The molecule has 0 fully saturated rings. The maximum atomic E-state index is 4.79. The third-order valence-corrected chi connectivity index (χ3v) is 4.45. The van der Waals surface area contributed by atoms with Gasteiger partial charge in [0.15, 0.2) is 5.82 Å². The summed E-state index contributed by atoms with van der Waals surface area (Å²) in [4.78, 5) is 16.1. The molecule has 0 amide bonds. The molecular formula is C18H20N8. The van der Waals surface area contributed by atoms with E-state index in [2.05, 4.69) is 25.1 Å². The van der Waals surface area contributed by atoms with Crippen LogP contribution in [0.4, 0.5) is 0 Å². The lowest BCUT2D eigenvalue weighted by atomic mass is 10.1. The van der Waals surface area contributed by atoms with Crippen LogP contribution in [-0.4, -0.2) is 39.9 Å². The first-order valence-corrected chi connectivity index (χ1v) is 8.52. The number of aryl methyl sites for hydroxylation is 4. The van der Waals surface area contributed by atoms with Crippen LogP contribution in [-0.2, 0) is 19.4 Å². The van der Waals surface area contributed by atoms with Crippen molar-refractivity contribution in [2.75, 3.05) is 0 Å². The second kappa shape index (κ2) is 6.91. The summed E-state index contributed by atoms with van der Waals surface area (Å²) in [5, 5.41) is 12.1. The molecule has 0 saturated heterocycles. The fourth-order valence-corrected chi connectivity index (χ4v) is 2.95. The lowest BCUT2D eigenvalue weighted by Gasteiger charge is -2.05. The monoisotopic (exact) mass is 348 g/mol. The Labute approximate surface area is 150 Å². The van der Waals surface area contributed by atoms with E-state index in [1.54, 1.807) is 18.7 Å². The molecule has 0 aliphatic heterocycles. The minimum Gasteiger partial charge on any atom is -0.348 e. The van der Waals surface area contributed by atoms with Crippen molar-refractivity contribution in [2.45, 2.75) is 33.2 Å². The molecule has 0 atom stereocenters. The van der Waals surface area contributed by atoms with Gasteiger partial charge in [-0.05, 0) is 26.0 Å². The second-order valence-electron chi connectivity index (χ2n) is 6.23. The van der Waals surface area contributed by atoms with E-state index in [1.807, 2.05) is 36.9 Å². The van der Waals surface area contributed by atoms with E-state index in [0.717, 1.165) is 41.4 Å². The Morgan fingerprint density at radius 3 is 2.65 bits per heavy atom. The van der Waals surface area contributed by atoms with E-state index in [-0.39, 0.29) is 0 Å². The van der Waals surface area contributed by atoms with Gasteiger partial charge in [0.1, 0.15) is 5.82 Å². The van der Waals surface area contributed by atoms with Crippen LogP contribution in [0.15, 0.2) is 37.1 Å². The Morgan fingerprint density at radius 2 is 1.96 bits per heavy atom. The summed E-state index contributed by atoms with van der Waals surface area (Å²) in [6.07, 6.45) is 8.54. The van der Waals surface area contributed by atoms with Crippen molar-refractivity contribution < 1.29 is 0 Å². The van der Waals surface area contributed by atoms with Gasteiger partial charge in [0, 0.05) is 60.5 Å². The average molecular weight is 348 g/mol. The van der Waals surface area contributed by atoms with Crippen molar-refractivity contribution in [2.24, 2.45) is 0 Å². The van der Waals surface area contributed by atoms with Crippen LogP contribution >= 0.6 is 0 Å². The first kappa shape index (κ1) is 16.2. The number of nitrogens with zero attached hydrogens (tertiary/aromatic N) is 6. The molecule has 8 nitrogen and oxygen atoms in total. The summed E-state index contributed by atoms with van der Waals surface area (Å²) >= 11 is 0. The molecule has 0 aliphatic carbocycles. The summed E-state index contributed by atoms with van der Waals surface area (Å²) in [6, 6.07) is 3.85. The van der Waals surface area contributed by atoms with Crippen LogP contribution in [0.5, 0.6) is 0 Å². The molecular weight excluding hydrogens is 328 g/mol. The van der Waals surface area contributed by atoms with E-state index in [0.29, 0.717) is 12.2 Å². The molecule has 2 N–H and O–H groups in total. The number of pyridine rings is 1. The van der Waals surface area contributed by atoms with Gasteiger partial charge in [-0.1, -0.05) is 0 Å². The maximum absolute atomic E-state index is 4.79. The van der Waals surface area contributed by atoms with Gasteiger partial charge < -0.3 is 4.98 Å². The highest BCUT2D eigenvalue weighted by atomic mass is 15.3. The van der Waals surface area contributed by atoms with Crippen molar-refractivity contribution in [1.82, 2.24) is 39.9 Å². The minimum absolute atomic E-state index is 0.690. The van der Waals surface area contributed by atoms with E-state index in [9.17, 15) is 0 Å².